The van der Waals surface area contributed by atoms with Crippen LogP contribution in [0.25, 0.3) is 5.65 Å². The summed E-state index contributed by atoms with van der Waals surface area (Å²) in [5.41, 5.74) is 1.98. The summed E-state index contributed by atoms with van der Waals surface area (Å²) < 4.78 is 6.64. The molecule has 0 unspecified atom stereocenters. The second-order valence-electron chi connectivity index (χ2n) is 5.70. The van der Waals surface area contributed by atoms with E-state index in [4.69, 9.17) is 4.74 Å². The van der Waals surface area contributed by atoms with E-state index < -0.39 is 0 Å². The fraction of sp³-hybridized carbons (Fsp3) is 0.500. The van der Waals surface area contributed by atoms with Crippen LogP contribution < -0.4 is 0 Å². The maximum absolute atomic E-state index is 12.7. The Kier molecular flexibility index (Phi) is 4.27. The molecule has 0 radical (unpaired) electrons. The Labute approximate surface area is 134 Å². The Morgan fingerprint density at radius 2 is 2.09 bits per heavy atom. The minimum absolute atomic E-state index is 0.0807. The Hall–Kier alpha value is -2.44. The molecule has 1 amide bonds. The van der Waals surface area contributed by atoms with E-state index in [-0.39, 0.29) is 17.8 Å². The monoisotopic (exact) mass is 316 g/mol. The average Bonchev–Trinajstić information content (AvgIpc) is 2.94. The summed E-state index contributed by atoms with van der Waals surface area (Å²) in [6.45, 7) is 5.16. The summed E-state index contributed by atoms with van der Waals surface area (Å²) in [4.78, 5) is 30.5. The molecule has 0 spiro atoms. The van der Waals surface area contributed by atoms with E-state index in [0.717, 1.165) is 5.69 Å². The molecule has 23 heavy (non-hydrogen) atoms. The maximum atomic E-state index is 12.7. The van der Waals surface area contributed by atoms with Crippen LogP contribution in [0, 0.1) is 12.8 Å². The van der Waals surface area contributed by atoms with Gasteiger partial charge in [0, 0.05) is 25.4 Å². The number of ether oxygens (including phenoxy) is 1. The molecule has 7 nitrogen and oxygen atoms in total. The first-order valence-corrected chi connectivity index (χ1v) is 7.87. The topological polar surface area (TPSA) is 76.8 Å². The van der Waals surface area contributed by atoms with Gasteiger partial charge in [-0.05, 0) is 32.8 Å². The van der Waals surface area contributed by atoms with Gasteiger partial charge < -0.3 is 9.64 Å². The van der Waals surface area contributed by atoms with Crippen LogP contribution in [0.2, 0.25) is 0 Å². The molecule has 2 aromatic rings. The van der Waals surface area contributed by atoms with E-state index >= 15 is 0 Å². The summed E-state index contributed by atoms with van der Waals surface area (Å²) in [5, 5.41) is 4.33. The number of fused-ring (bicyclic) bond motifs is 1. The van der Waals surface area contributed by atoms with E-state index in [2.05, 4.69) is 10.1 Å². The highest BCUT2D eigenvalue weighted by Gasteiger charge is 2.29. The molecule has 3 rings (SSSR count). The second-order valence-corrected chi connectivity index (χ2v) is 5.70. The number of aromatic nitrogens is 3. The van der Waals surface area contributed by atoms with Crippen molar-refractivity contribution in [3.05, 3.63) is 29.7 Å². The summed E-state index contributed by atoms with van der Waals surface area (Å²) >= 11 is 0. The standard InChI is InChI=1S/C16H20N4O3/c1-3-23-16(22)12-5-8-19(9-6-12)15(21)13-4-7-17-14-10-11(2)18-20(13)14/h4,7,10,12H,3,5-6,8-9H2,1-2H3. The third-order valence-electron chi connectivity index (χ3n) is 4.10. The number of piperidine rings is 1. The van der Waals surface area contributed by atoms with Crippen LogP contribution in [0.4, 0.5) is 0 Å². The number of esters is 1. The average molecular weight is 316 g/mol. The number of carbonyl (C=O) groups excluding carboxylic acids is 2. The number of aryl methyl sites for hydroxylation is 1. The van der Waals surface area contributed by atoms with Gasteiger partial charge in [0.25, 0.3) is 5.91 Å². The zero-order chi connectivity index (χ0) is 16.4. The molecule has 7 heteroatoms. The smallest absolute Gasteiger partial charge is 0.309 e. The number of carbonyl (C=O) groups is 2. The molecular formula is C16H20N4O3. The predicted molar refractivity (Wildman–Crippen MR) is 83.0 cm³/mol. The molecule has 0 aromatic carbocycles. The van der Waals surface area contributed by atoms with E-state index in [1.165, 1.54) is 0 Å². The van der Waals surface area contributed by atoms with Crippen molar-refractivity contribution in [2.75, 3.05) is 19.7 Å². The lowest BCUT2D eigenvalue weighted by atomic mass is 9.97. The van der Waals surface area contributed by atoms with Crippen molar-refractivity contribution in [3.8, 4) is 0 Å². The summed E-state index contributed by atoms with van der Waals surface area (Å²) in [5.74, 6) is -0.347. The number of rotatable bonds is 3. The molecule has 1 aliphatic heterocycles. The molecule has 0 saturated carbocycles. The maximum Gasteiger partial charge on any atom is 0.309 e. The zero-order valence-corrected chi connectivity index (χ0v) is 13.4. The van der Waals surface area contributed by atoms with E-state index in [0.29, 0.717) is 43.9 Å². The molecule has 2 aromatic heterocycles. The van der Waals surface area contributed by atoms with Crippen molar-refractivity contribution in [3.63, 3.8) is 0 Å². The predicted octanol–water partition coefficient (Wildman–Crippen LogP) is 1.45. The van der Waals surface area contributed by atoms with Crippen LogP contribution in [-0.2, 0) is 9.53 Å². The highest BCUT2D eigenvalue weighted by molar-refractivity contribution is 5.93. The summed E-state index contributed by atoms with van der Waals surface area (Å²) in [6, 6.07) is 3.52. The van der Waals surface area contributed by atoms with Gasteiger partial charge in [-0.2, -0.15) is 5.10 Å². The van der Waals surface area contributed by atoms with E-state index in [1.54, 1.807) is 28.6 Å². The van der Waals surface area contributed by atoms with Crippen molar-refractivity contribution in [2.24, 2.45) is 5.92 Å². The van der Waals surface area contributed by atoms with Crippen molar-refractivity contribution in [1.29, 1.82) is 0 Å². The van der Waals surface area contributed by atoms with Gasteiger partial charge in [0.15, 0.2) is 5.65 Å². The van der Waals surface area contributed by atoms with Crippen LogP contribution in [0.15, 0.2) is 18.3 Å². The lowest BCUT2D eigenvalue weighted by Gasteiger charge is -2.30. The van der Waals surface area contributed by atoms with Gasteiger partial charge in [0.05, 0.1) is 18.2 Å². The molecule has 0 aliphatic carbocycles. The lowest BCUT2D eigenvalue weighted by Crippen LogP contribution is -2.41. The first kappa shape index (κ1) is 15.5. The van der Waals surface area contributed by atoms with Gasteiger partial charge in [-0.3, -0.25) is 9.59 Å². The number of nitrogens with zero attached hydrogens (tertiary/aromatic N) is 4. The van der Waals surface area contributed by atoms with Gasteiger partial charge in [-0.25, -0.2) is 9.50 Å². The Balaban J connectivity index is 1.73. The molecule has 0 atom stereocenters. The highest BCUT2D eigenvalue weighted by atomic mass is 16.5. The summed E-state index contributed by atoms with van der Waals surface area (Å²) in [7, 11) is 0. The molecule has 0 bridgehead atoms. The van der Waals surface area contributed by atoms with Gasteiger partial charge in [-0.1, -0.05) is 0 Å². The Morgan fingerprint density at radius 1 is 1.35 bits per heavy atom. The quantitative estimate of drug-likeness (QED) is 0.801. The van der Waals surface area contributed by atoms with Gasteiger partial charge in [-0.15, -0.1) is 0 Å². The molecule has 1 aliphatic rings. The van der Waals surface area contributed by atoms with Crippen molar-refractivity contribution < 1.29 is 14.3 Å². The van der Waals surface area contributed by atoms with Gasteiger partial charge in [0.1, 0.15) is 5.69 Å². The number of hydrogen-bond acceptors (Lipinski definition) is 5. The fourth-order valence-electron chi connectivity index (χ4n) is 2.91. The van der Waals surface area contributed by atoms with Crippen LogP contribution in [0.3, 0.4) is 0 Å². The minimum atomic E-state index is -0.159. The van der Waals surface area contributed by atoms with Crippen LogP contribution in [0.5, 0.6) is 0 Å². The molecule has 3 heterocycles. The minimum Gasteiger partial charge on any atom is -0.466 e. The third-order valence-corrected chi connectivity index (χ3v) is 4.10. The Morgan fingerprint density at radius 3 is 2.78 bits per heavy atom. The van der Waals surface area contributed by atoms with Crippen molar-refractivity contribution in [1.82, 2.24) is 19.5 Å². The van der Waals surface area contributed by atoms with E-state index in [1.807, 2.05) is 13.0 Å². The molecule has 1 saturated heterocycles. The zero-order valence-electron chi connectivity index (χ0n) is 13.4. The fourth-order valence-corrected chi connectivity index (χ4v) is 2.91. The largest absolute Gasteiger partial charge is 0.466 e. The first-order chi connectivity index (χ1) is 11.1. The highest BCUT2D eigenvalue weighted by Crippen LogP contribution is 2.20. The van der Waals surface area contributed by atoms with Crippen LogP contribution in [0.1, 0.15) is 35.9 Å². The van der Waals surface area contributed by atoms with E-state index in [9.17, 15) is 9.59 Å². The normalized spacial score (nSPS) is 15.8. The summed E-state index contributed by atoms with van der Waals surface area (Å²) in [6.07, 6.45) is 2.89. The third kappa shape index (κ3) is 3.04. The number of amides is 1. The molecule has 122 valence electrons. The number of hydrogen-bond donors (Lipinski definition) is 0. The SMILES string of the molecule is CCOC(=O)C1CCN(C(=O)c2ccnc3cc(C)nn23)CC1. The lowest BCUT2D eigenvalue weighted by molar-refractivity contribution is -0.149. The molecule has 0 N–H and O–H groups in total. The Bertz CT molecular complexity index is 732. The van der Waals surface area contributed by atoms with Gasteiger partial charge >= 0.3 is 5.97 Å². The van der Waals surface area contributed by atoms with Crippen molar-refractivity contribution in [2.45, 2.75) is 26.7 Å². The van der Waals surface area contributed by atoms with Crippen molar-refractivity contribution >= 4 is 17.5 Å². The molecular weight excluding hydrogens is 296 g/mol. The van der Waals surface area contributed by atoms with Crippen LogP contribution in [-0.4, -0.2) is 51.1 Å². The first-order valence-electron chi connectivity index (χ1n) is 7.87. The van der Waals surface area contributed by atoms with Crippen LogP contribution >= 0.6 is 0 Å². The molecule has 1 fully saturated rings. The number of likely N-dealkylation sites (tertiary alicyclic amines) is 1. The second kappa shape index (κ2) is 6.36. The van der Waals surface area contributed by atoms with Gasteiger partial charge in [0.2, 0.25) is 0 Å².